The molecule has 0 unspecified atom stereocenters. The fraction of sp³-hybridized carbons (Fsp3) is 0.400. The number of aliphatic imine (C=N–C) groups is 1. The third-order valence-electron chi connectivity index (χ3n) is 3.25. The van der Waals surface area contributed by atoms with Gasteiger partial charge in [-0.05, 0) is 30.0 Å². The molecular weight excluding hydrogens is 353 g/mol. The highest BCUT2D eigenvalue weighted by Crippen LogP contribution is 2.27. The van der Waals surface area contributed by atoms with Gasteiger partial charge in [-0.3, -0.25) is 4.99 Å². The number of hydrogen-bond acceptors (Lipinski definition) is 5. The Labute approximate surface area is 147 Å². The Morgan fingerprint density at radius 1 is 1.24 bits per heavy atom. The van der Waals surface area contributed by atoms with Crippen LogP contribution in [-0.4, -0.2) is 36.1 Å². The Morgan fingerprint density at radius 3 is 2.68 bits per heavy atom. The van der Waals surface area contributed by atoms with Crippen molar-refractivity contribution in [2.45, 2.75) is 19.6 Å². The van der Waals surface area contributed by atoms with E-state index in [-0.39, 0.29) is 5.95 Å². The zero-order valence-electron chi connectivity index (χ0n) is 13.8. The van der Waals surface area contributed by atoms with Gasteiger partial charge in [-0.1, -0.05) is 0 Å². The number of alkyl halides is 3. The van der Waals surface area contributed by atoms with Crippen LogP contribution in [0.5, 0.6) is 0 Å². The van der Waals surface area contributed by atoms with Crippen molar-refractivity contribution < 1.29 is 13.2 Å². The van der Waals surface area contributed by atoms with Crippen molar-refractivity contribution in [3.8, 4) is 0 Å². The van der Waals surface area contributed by atoms with Crippen LogP contribution in [0.4, 0.5) is 19.1 Å². The predicted octanol–water partition coefficient (Wildman–Crippen LogP) is 2.64. The molecule has 2 aromatic rings. The highest BCUT2D eigenvalue weighted by Gasteiger charge is 2.32. The minimum Gasteiger partial charge on any atom is -0.355 e. The van der Waals surface area contributed by atoms with E-state index < -0.39 is 11.9 Å². The van der Waals surface area contributed by atoms with Gasteiger partial charge in [0.15, 0.2) is 5.96 Å². The van der Waals surface area contributed by atoms with Crippen LogP contribution in [0.2, 0.25) is 0 Å². The first-order chi connectivity index (χ1) is 11.9. The topological polar surface area (TPSA) is 74.2 Å². The molecular formula is C15H19F3N6S. The molecule has 6 nitrogen and oxygen atoms in total. The first-order valence-corrected chi connectivity index (χ1v) is 8.39. The zero-order chi connectivity index (χ0) is 18.3. The number of aryl methyl sites for hydroxylation is 1. The average Bonchev–Trinajstić information content (AvgIpc) is 2.99. The summed E-state index contributed by atoms with van der Waals surface area (Å²) in [6.45, 7) is 3.50. The highest BCUT2D eigenvalue weighted by atomic mass is 32.1. The SMILES string of the molecule is CN=C(NCCNc1nccc(C(F)(F)F)n1)NCc1sccc1C. The first-order valence-electron chi connectivity index (χ1n) is 7.51. The Balaban J connectivity index is 1.75. The highest BCUT2D eigenvalue weighted by molar-refractivity contribution is 7.10. The number of halogens is 3. The molecule has 0 radical (unpaired) electrons. The lowest BCUT2D eigenvalue weighted by Crippen LogP contribution is -2.39. The van der Waals surface area contributed by atoms with Crippen molar-refractivity contribution in [2.24, 2.45) is 4.99 Å². The molecule has 136 valence electrons. The lowest BCUT2D eigenvalue weighted by atomic mass is 10.3. The van der Waals surface area contributed by atoms with Crippen molar-refractivity contribution in [1.29, 1.82) is 0 Å². The van der Waals surface area contributed by atoms with E-state index in [1.165, 1.54) is 10.4 Å². The average molecular weight is 372 g/mol. The number of anilines is 1. The number of aromatic nitrogens is 2. The summed E-state index contributed by atoms with van der Waals surface area (Å²) in [5, 5.41) is 11.0. The maximum atomic E-state index is 12.6. The number of thiophene rings is 1. The third kappa shape index (κ3) is 5.89. The summed E-state index contributed by atoms with van der Waals surface area (Å²) in [6, 6.07) is 2.89. The van der Waals surface area contributed by atoms with E-state index in [1.807, 2.05) is 12.3 Å². The maximum absolute atomic E-state index is 12.6. The monoisotopic (exact) mass is 372 g/mol. The van der Waals surface area contributed by atoms with Crippen molar-refractivity contribution >= 4 is 23.2 Å². The maximum Gasteiger partial charge on any atom is 0.433 e. The second kappa shape index (κ2) is 8.65. The molecule has 0 atom stereocenters. The van der Waals surface area contributed by atoms with Crippen molar-refractivity contribution in [3.05, 3.63) is 39.8 Å². The summed E-state index contributed by atoms with van der Waals surface area (Å²) >= 11 is 1.66. The minimum absolute atomic E-state index is 0.0613. The van der Waals surface area contributed by atoms with Gasteiger partial charge in [0.25, 0.3) is 0 Å². The molecule has 10 heteroatoms. The van der Waals surface area contributed by atoms with E-state index in [4.69, 9.17) is 0 Å². The number of guanidine groups is 1. The summed E-state index contributed by atoms with van der Waals surface area (Å²) in [5.74, 6) is 0.549. The van der Waals surface area contributed by atoms with Crippen LogP contribution in [0.25, 0.3) is 0 Å². The first kappa shape index (κ1) is 19.0. The van der Waals surface area contributed by atoms with Gasteiger partial charge < -0.3 is 16.0 Å². The van der Waals surface area contributed by atoms with Gasteiger partial charge >= 0.3 is 6.18 Å². The predicted molar refractivity (Wildman–Crippen MR) is 92.8 cm³/mol. The molecule has 0 saturated carbocycles. The summed E-state index contributed by atoms with van der Waals surface area (Å²) < 4.78 is 37.8. The number of rotatable bonds is 6. The van der Waals surface area contributed by atoms with Crippen molar-refractivity contribution in [1.82, 2.24) is 20.6 Å². The summed E-state index contributed by atoms with van der Waals surface area (Å²) in [7, 11) is 1.65. The Hall–Kier alpha value is -2.36. The second-order valence-electron chi connectivity index (χ2n) is 5.07. The van der Waals surface area contributed by atoms with Crippen LogP contribution in [0, 0.1) is 6.92 Å². The Bertz CT molecular complexity index is 713. The molecule has 25 heavy (non-hydrogen) atoms. The molecule has 0 fully saturated rings. The molecule has 2 aromatic heterocycles. The third-order valence-corrected chi connectivity index (χ3v) is 4.28. The smallest absolute Gasteiger partial charge is 0.355 e. The van der Waals surface area contributed by atoms with Gasteiger partial charge in [-0.2, -0.15) is 13.2 Å². The van der Waals surface area contributed by atoms with Gasteiger partial charge in [-0.15, -0.1) is 11.3 Å². The number of hydrogen-bond donors (Lipinski definition) is 3. The normalized spacial score (nSPS) is 12.1. The van der Waals surface area contributed by atoms with Crippen LogP contribution >= 0.6 is 11.3 Å². The van der Waals surface area contributed by atoms with Crippen LogP contribution in [0.3, 0.4) is 0 Å². The molecule has 0 saturated heterocycles. The van der Waals surface area contributed by atoms with Crippen LogP contribution < -0.4 is 16.0 Å². The van der Waals surface area contributed by atoms with Gasteiger partial charge in [0, 0.05) is 31.2 Å². The van der Waals surface area contributed by atoms with Crippen LogP contribution in [-0.2, 0) is 12.7 Å². The number of nitrogens with zero attached hydrogens (tertiary/aromatic N) is 3. The molecule has 0 aliphatic heterocycles. The van der Waals surface area contributed by atoms with E-state index in [9.17, 15) is 13.2 Å². The molecule has 3 N–H and O–H groups in total. The quantitative estimate of drug-likeness (QED) is 0.413. The van der Waals surface area contributed by atoms with E-state index in [0.29, 0.717) is 25.6 Å². The zero-order valence-corrected chi connectivity index (χ0v) is 14.6. The van der Waals surface area contributed by atoms with Crippen LogP contribution in [0.1, 0.15) is 16.1 Å². The molecule has 2 rings (SSSR count). The summed E-state index contributed by atoms with van der Waals surface area (Å²) in [6.07, 6.45) is -3.40. The lowest BCUT2D eigenvalue weighted by Gasteiger charge is -2.12. The molecule has 0 aromatic carbocycles. The Kier molecular flexibility index (Phi) is 6.57. The molecule has 0 aliphatic rings. The van der Waals surface area contributed by atoms with Crippen molar-refractivity contribution in [3.63, 3.8) is 0 Å². The minimum atomic E-state index is -4.48. The Morgan fingerprint density at radius 2 is 2.04 bits per heavy atom. The van der Waals surface area contributed by atoms with Gasteiger partial charge in [0.05, 0.1) is 6.54 Å². The fourth-order valence-corrected chi connectivity index (χ4v) is 2.77. The largest absolute Gasteiger partial charge is 0.433 e. The molecule has 0 spiro atoms. The standard InChI is InChI=1S/C15H19F3N6S/c1-10-4-8-25-11(10)9-23-13(19-2)21-6-7-22-14-20-5-3-12(24-14)15(16,17)18/h3-5,8H,6-7,9H2,1-2H3,(H2,19,21,23)(H,20,22,24). The van der Waals surface area contributed by atoms with E-state index in [0.717, 1.165) is 12.3 Å². The van der Waals surface area contributed by atoms with E-state index in [1.54, 1.807) is 18.4 Å². The van der Waals surface area contributed by atoms with Crippen molar-refractivity contribution in [2.75, 3.05) is 25.5 Å². The van der Waals surface area contributed by atoms with Gasteiger partial charge in [0.1, 0.15) is 5.69 Å². The van der Waals surface area contributed by atoms with E-state index in [2.05, 4.69) is 37.0 Å². The van der Waals surface area contributed by atoms with Gasteiger partial charge in [-0.25, -0.2) is 9.97 Å². The van der Waals surface area contributed by atoms with E-state index >= 15 is 0 Å². The van der Waals surface area contributed by atoms with Crippen LogP contribution in [0.15, 0.2) is 28.7 Å². The molecule has 0 bridgehead atoms. The second-order valence-corrected chi connectivity index (χ2v) is 6.07. The summed E-state index contributed by atoms with van der Waals surface area (Å²) in [4.78, 5) is 12.5. The molecule has 0 amide bonds. The number of nitrogens with one attached hydrogen (secondary N) is 3. The van der Waals surface area contributed by atoms with Gasteiger partial charge in [0.2, 0.25) is 5.95 Å². The summed E-state index contributed by atoms with van der Waals surface area (Å²) in [5.41, 5.74) is 0.248. The molecule has 2 heterocycles. The molecule has 0 aliphatic carbocycles. The lowest BCUT2D eigenvalue weighted by molar-refractivity contribution is -0.141. The fourth-order valence-electron chi connectivity index (χ4n) is 1.93.